The molecular weight excluding hydrogens is 312 g/mol. The van der Waals surface area contributed by atoms with Crippen LogP contribution in [0.3, 0.4) is 0 Å². The zero-order chi connectivity index (χ0) is 16.8. The van der Waals surface area contributed by atoms with Crippen molar-refractivity contribution in [3.05, 3.63) is 16.7 Å². The number of fused-ring (bicyclic) bond motifs is 2. The van der Waals surface area contributed by atoms with Crippen molar-refractivity contribution in [1.82, 2.24) is 24.4 Å². The van der Waals surface area contributed by atoms with Crippen molar-refractivity contribution in [2.24, 2.45) is 10.9 Å². The number of aliphatic imine (C=N–C) groups is 1. The van der Waals surface area contributed by atoms with E-state index < -0.39 is 6.10 Å². The molecule has 4 rings (SSSR count). The third-order valence-corrected chi connectivity index (χ3v) is 4.64. The topological polar surface area (TPSA) is 109 Å². The minimum absolute atomic E-state index is 0.138. The van der Waals surface area contributed by atoms with Crippen molar-refractivity contribution < 1.29 is 9.84 Å². The highest BCUT2D eigenvalue weighted by molar-refractivity contribution is 5.71. The quantitative estimate of drug-likeness (QED) is 0.622. The monoisotopic (exact) mass is 332 g/mol. The number of H-pyrrole nitrogens is 1. The first-order chi connectivity index (χ1) is 11.5. The number of nitrogens with one attached hydrogen (secondary N) is 1. The van der Waals surface area contributed by atoms with Crippen LogP contribution in [0, 0.1) is 5.92 Å². The largest absolute Gasteiger partial charge is 0.390 e. The van der Waals surface area contributed by atoms with Gasteiger partial charge in [-0.3, -0.25) is 14.3 Å². The second-order valence-electron chi connectivity index (χ2n) is 6.62. The van der Waals surface area contributed by atoms with Gasteiger partial charge in [-0.25, -0.2) is 9.98 Å². The van der Waals surface area contributed by atoms with Gasteiger partial charge in [-0.05, 0) is 25.2 Å². The summed E-state index contributed by atoms with van der Waals surface area (Å²) in [7, 11) is 3.67. The first-order valence-corrected chi connectivity index (χ1v) is 8.04. The van der Waals surface area contributed by atoms with Gasteiger partial charge < -0.3 is 14.7 Å². The lowest BCUT2D eigenvalue weighted by Gasteiger charge is -2.16. The van der Waals surface area contributed by atoms with Gasteiger partial charge in [-0.15, -0.1) is 0 Å². The molecule has 1 saturated carbocycles. The number of hydrogen-bond acceptors (Lipinski definition) is 6. The lowest BCUT2D eigenvalue weighted by atomic mass is 10.0. The second-order valence-corrected chi connectivity index (χ2v) is 6.62. The average Bonchev–Trinajstić information content (AvgIpc) is 3.21. The van der Waals surface area contributed by atoms with E-state index in [0.29, 0.717) is 11.6 Å². The summed E-state index contributed by atoms with van der Waals surface area (Å²) in [4.78, 5) is 29.3. The van der Waals surface area contributed by atoms with Crippen LogP contribution in [-0.2, 0) is 4.74 Å². The molecule has 2 N–H and O–H groups in total. The van der Waals surface area contributed by atoms with Crippen molar-refractivity contribution in [2.45, 2.75) is 37.7 Å². The maximum Gasteiger partial charge on any atom is 0.280 e. The molecule has 2 aromatic heterocycles. The number of aliphatic hydroxyl groups is 1. The molecule has 1 aliphatic heterocycles. The predicted octanol–water partition coefficient (Wildman–Crippen LogP) is 0.399. The summed E-state index contributed by atoms with van der Waals surface area (Å²) in [6, 6.07) is 0. The summed E-state index contributed by atoms with van der Waals surface area (Å²) in [5.41, 5.74) is 0.381. The Morgan fingerprint density at radius 2 is 2.33 bits per heavy atom. The van der Waals surface area contributed by atoms with Crippen molar-refractivity contribution in [3.63, 3.8) is 0 Å². The van der Waals surface area contributed by atoms with Crippen molar-refractivity contribution in [2.75, 3.05) is 14.1 Å². The molecule has 2 fully saturated rings. The Hall–Kier alpha value is -2.26. The first kappa shape index (κ1) is 15.3. The van der Waals surface area contributed by atoms with Crippen LogP contribution < -0.4 is 5.56 Å². The molecule has 4 atom stereocenters. The van der Waals surface area contributed by atoms with Crippen LogP contribution in [0.15, 0.2) is 16.1 Å². The summed E-state index contributed by atoms with van der Waals surface area (Å²) < 4.78 is 7.77. The van der Waals surface area contributed by atoms with E-state index in [2.05, 4.69) is 19.9 Å². The number of hydrogen-bond donors (Lipinski definition) is 2. The molecule has 1 saturated heterocycles. The smallest absolute Gasteiger partial charge is 0.280 e. The number of aliphatic hydroxyl groups excluding tert-OH is 1. The maximum atomic E-state index is 12.2. The van der Waals surface area contributed by atoms with Gasteiger partial charge in [0.25, 0.3) is 5.56 Å². The molecule has 0 bridgehead atoms. The fourth-order valence-corrected chi connectivity index (χ4v) is 3.51. The molecule has 0 radical (unpaired) electrons. The molecule has 0 unspecified atom stereocenters. The Bertz CT molecular complexity index is 841. The van der Waals surface area contributed by atoms with Crippen molar-refractivity contribution in [1.29, 1.82) is 0 Å². The van der Waals surface area contributed by atoms with Crippen LogP contribution >= 0.6 is 0 Å². The SMILES string of the molecule is CN(C)/C=N\c1nc2c(ncn2[C@H]2C[C@H]3CC[C@@H](O)[C@H]3O2)c(=O)[nH]1. The minimum atomic E-state index is -0.411. The number of aromatic nitrogens is 4. The molecule has 1 aliphatic carbocycles. The standard InChI is InChI=1S/C15H20N6O3/c1-20(2)6-17-15-18-13-11(14(23)19-15)16-7-21(13)10-5-8-3-4-9(22)12(8)24-10/h6-10,12,22H,3-5H2,1-2H3,(H,18,19,23)/b17-6-/t8-,9-,10-,12+/m1/s1. The highest BCUT2D eigenvalue weighted by Crippen LogP contribution is 2.43. The van der Waals surface area contributed by atoms with E-state index in [1.807, 2.05) is 14.1 Å². The summed E-state index contributed by atoms with van der Waals surface area (Å²) in [5, 5.41) is 9.99. The lowest BCUT2D eigenvalue weighted by molar-refractivity contribution is -0.0525. The lowest BCUT2D eigenvalue weighted by Crippen LogP contribution is -2.23. The number of rotatable bonds is 3. The first-order valence-electron chi connectivity index (χ1n) is 8.04. The summed E-state index contributed by atoms with van der Waals surface area (Å²) in [5.74, 6) is 0.567. The molecule has 24 heavy (non-hydrogen) atoms. The van der Waals surface area contributed by atoms with Gasteiger partial charge in [0.2, 0.25) is 5.95 Å². The van der Waals surface area contributed by atoms with Gasteiger partial charge in [0, 0.05) is 14.1 Å². The summed E-state index contributed by atoms with van der Waals surface area (Å²) in [6.07, 6.45) is 4.86. The normalized spacial score (nSPS) is 29.6. The Labute approximate surface area is 138 Å². The van der Waals surface area contributed by atoms with Crippen LogP contribution in [0.2, 0.25) is 0 Å². The molecule has 3 heterocycles. The van der Waals surface area contributed by atoms with Crippen LogP contribution in [-0.4, -0.2) is 62.2 Å². The third-order valence-electron chi connectivity index (χ3n) is 4.64. The van der Waals surface area contributed by atoms with Gasteiger partial charge in [0.05, 0.1) is 24.9 Å². The van der Waals surface area contributed by atoms with E-state index in [9.17, 15) is 9.90 Å². The zero-order valence-corrected chi connectivity index (χ0v) is 13.6. The van der Waals surface area contributed by atoms with Gasteiger partial charge >= 0.3 is 0 Å². The highest BCUT2D eigenvalue weighted by Gasteiger charge is 2.44. The Balaban J connectivity index is 1.70. The van der Waals surface area contributed by atoms with E-state index >= 15 is 0 Å². The van der Waals surface area contributed by atoms with E-state index in [-0.39, 0.29) is 29.4 Å². The van der Waals surface area contributed by atoms with Crippen molar-refractivity contribution in [3.8, 4) is 0 Å². The van der Waals surface area contributed by atoms with E-state index in [1.54, 1.807) is 22.1 Å². The van der Waals surface area contributed by atoms with Crippen LogP contribution in [0.5, 0.6) is 0 Å². The molecular formula is C15H20N6O3. The fraction of sp³-hybridized carbons (Fsp3) is 0.600. The average molecular weight is 332 g/mol. The van der Waals surface area contributed by atoms with Gasteiger partial charge in [0.1, 0.15) is 6.23 Å². The molecule has 128 valence electrons. The molecule has 0 aromatic carbocycles. The second kappa shape index (κ2) is 5.67. The number of imidazole rings is 1. The highest BCUT2D eigenvalue weighted by atomic mass is 16.5. The van der Waals surface area contributed by atoms with Gasteiger partial charge in [-0.2, -0.15) is 4.98 Å². The molecule has 2 aromatic rings. The van der Waals surface area contributed by atoms with Crippen LogP contribution in [0.25, 0.3) is 11.2 Å². The third kappa shape index (κ3) is 2.49. The number of aromatic amines is 1. The van der Waals surface area contributed by atoms with Crippen LogP contribution in [0.1, 0.15) is 25.5 Å². The molecule has 9 nitrogen and oxygen atoms in total. The predicted molar refractivity (Wildman–Crippen MR) is 87.2 cm³/mol. The number of ether oxygens (including phenoxy) is 1. The maximum absolute atomic E-state index is 12.2. The van der Waals surface area contributed by atoms with E-state index in [0.717, 1.165) is 19.3 Å². The van der Waals surface area contributed by atoms with Crippen molar-refractivity contribution >= 4 is 23.5 Å². The fourth-order valence-electron chi connectivity index (χ4n) is 3.51. The van der Waals surface area contributed by atoms with E-state index in [1.165, 1.54) is 0 Å². The molecule has 9 heteroatoms. The van der Waals surface area contributed by atoms with Crippen LogP contribution in [0.4, 0.5) is 5.95 Å². The minimum Gasteiger partial charge on any atom is -0.390 e. The Morgan fingerprint density at radius 1 is 1.50 bits per heavy atom. The Kier molecular flexibility index (Phi) is 3.61. The summed E-state index contributed by atoms with van der Waals surface area (Å²) >= 11 is 0. The summed E-state index contributed by atoms with van der Waals surface area (Å²) in [6.45, 7) is 0. The number of nitrogens with zero attached hydrogens (tertiary/aromatic N) is 5. The zero-order valence-electron chi connectivity index (χ0n) is 13.6. The van der Waals surface area contributed by atoms with E-state index in [4.69, 9.17) is 4.74 Å². The molecule has 0 spiro atoms. The van der Waals surface area contributed by atoms with Gasteiger partial charge in [-0.1, -0.05) is 0 Å². The molecule has 2 aliphatic rings. The Morgan fingerprint density at radius 3 is 3.08 bits per heavy atom. The molecule has 0 amide bonds. The van der Waals surface area contributed by atoms with Gasteiger partial charge in [0.15, 0.2) is 11.2 Å².